The van der Waals surface area contributed by atoms with Crippen molar-refractivity contribution in [3.05, 3.63) is 170 Å². The van der Waals surface area contributed by atoms with Crippen molar-refractivity contribution in [3.63, 3.8) is 0 Å². The van der Waals surface area contributed by atoms with Crippen LogP contribution in [0.15, 0.2) is 174 Å². The van der Waals surface area contributed by atoms with Gasteiger partial charge in [-0.25, -0.2) is 15.0 Å². The molecule has 0 bridgehead atoms. The van der Waals surface area contributed by atoms with Crippen LogP contribution in [0.4, 0.5) is 17.1 Å². The third-order valence-corrected chi connectivity index (χ3v) is 10.2. The van der Waals surface area contributed by atoms with Crippen LogP contribution >= 0.6 is 0 Å². The number of para-hydroxylation sites is 1. The van der Waals surface area contributed by atoms with Gasteiger partial charge in [0.1, 0.15) is 11.2 Å². The summed E-state index contributed by atoms with van der Waals surface area (Å²) >= 11 is 0. The molecule has 0 spiro atoms. The highest BCUT2D eigenvalue weighted by atomic mass is 16.3. The fourth-order valence-electron chi connectivity index (χ4n) is 7.83. The fourth-order valence-corrected chi connectivity index (χ4v) is 7.83. The Kier molecular flexibility index (Phi) is 6.18. The largest absolute Gasteiger partial charge is 0.456 e. The Balaban J connectivity index is 1.13. The first-order valence-corrected chi connectivity index (χ1v) is 17.4. The molecule has 52 heavy (non-hydrogen) atoms. The minimum atomic E-state index is 0.606. The molecule has 0 unspecified atom stereocenters. The molecule has 0 fully saturated rings. The van der Waals surface area contributed by atoms with Gasteiger partial charge in [-0.1, -0.05) is 127 Å². The van der Waals surface area contributed by atoms with Gasteiger partial charge < -0.3 is 9.32 Å². The molecule has 0 saturated carbocycles. The molecule has 242 valence electrons. The van der Waals surface area contributed by atoms with Gasteiger partial charge in [-0.2, -0.15) is 0 Å². The second kappa shape index (κ2) is 11.2. The average Bonchev–Trinajstić information content (AvgIpc) is 3.59. The van der Waals surface area contributed by atoms with Crippen LogP contribution in [0.5, 0.6) is 0 Å². The van der Waals surface area contributed by atoms with Crippen LogP contribution in [-0.2, 0) is 0 Å². The summed E-state index contributed by atoms with van der Waals surface area (Å²) in [5, 5.41) is 6.96. The SMILES string of the molecule is c1ccc(-c2nc(-c3cccc(N4c5c(ccc6ccccc56)-c5cccc6cccc4c56)c3)nc(-c3ccc4oc5ccccc5c4c3)n2)cc1. The van der Waals surface area contributed by atoms with E-state index in [-0.39, 0.29) is 0 Å². The molecular weight excluding hydrogens is 637 g/mol. The normalized spacial score (nSPS) is 12.2. The van der Waals surface area contributed by atoms with E-state index in [1.807, 2.05) is 60.7 Å². The molecule has 0 amide bonds. The lowest BCUT2D eigenvalue weighted by atomic mass is 9.88. The maximum atomic E-state index is 6.14. The van der Waals surface area contributed by atoms with E-state index in [1.165, 1.54) is 38.4 Å². The summed E-state index contributed by atoms with van der Waals surface area (Å²) in [4.78, 5) is 17.7. The lowest BCUT2D eigenvalue weighted by Crippen LogP contribution is -2.15. The standard InChI is InChI=1S/C47H28N4O/c1-2-12-31(13-3-1)45-48-46(50-47(49-45)33-24-26-42-39(28-33)36-19-6-7-22-41(36)52-42)32-16-8-17-34(27-32)51-40-21-10-15-30-14-9-20-37(43(30)40)38-25-23-29-11-4-5-18-35(29)44(38)51/h1-28H. The monoisotopic (exact) mass is 664 g/mol. The van der Waals surface area contributed by atoms with E-state index in [0.717, 1.165) is 50.0 Å². The van der Waals surface area contributed by atoms with Crippen LogP contribution < -0.4 is 4.90 Å². The van der Waals surface area contributed by atoms with E-state index in [9.17, 15) is 0 Å². The lowest BCUT2D eigenvalue weighted by molar-refractivity contribution is 0.669. The summed E-state index contributed by atoms with van der Waals surface area (Å²) in [7, 11) is 0. The third-order valence-electron chi connectivity index (χ3n) is 10.2. The Bertz CT molecular complexity index is 3030. The number of nitrogens with zero attached hydrogens (tertiary/aromatic N) is 4. The van der Waals surface area contributed by atoms with Crippen LogP contribution in [0, 0.1) is 0 Å². The molecule has 11 rings (SSSR count). The van der Waals surface area contributed by atoms with Gasteiger partial charge in [0.2, 0.25) is 0 Å². The summed E-state index contributed by atoms with van der Waals surface area (Å²) in [5.74, 6) is 1.84. The summed E-state index contributed by atoms with van der Waals surface area (Å²) in [6.07, 6.45) is 0. The van der Waals surface area contributed by atoms with Crippen molar-refractivity contribution in [1.82, 2.24) is 15.0 Å². The number of hydrogen-bond acceptors (Lipinski definition) is 5. The minimum Gasteiger partial charge on any atom is -0.456 e. The van der Waals surface area contributed by atoms with Crippen LogP contribution in [-0.4, -0.2) is 15.0 Å². The zero-order valence-corrected chi connectivity index (χ0v) is 27.9. The van der Waals surface area contributed by atoms with Gasteiger partial charge in [-0.05, 0) is 58.8 Å². The van der Waals surface area contributed by atoms with Crippen LogP contribution in [0.3, 0.4) is 0 Å². The zero-order valence-electron chi connectivity index (χ0n) is 27.9. The summed E-state index contributed by atoms with van der Waals surface area (Å²) in [5.41, 5.74) is 10.2. The first kappa shape index (κ1) is 28.7. The van der Waals surface area contributed by atoms with E-state index in [4.69, 9.17) is 19.4 Å². The minimum absolute atomic E-state index is 0.606. The Labute approximate surface area is 299 Å². The van der Waals surface area contributed by atoms with Gasteiger partial charge in [0.15, 0.2) is 17.5 Å². The number of furan rings is 1. The summed E-state index contributed by atoms with van der Waals surface area (Å²) in [6, 6.07) is 59.3. The number of rotatable bonds is 4. The molecule has 0 aliphatic carbocycles. The lowest BCUT2D eigenvalue weighted by Gasteiger charge is -2.34. The van der Waals surface area contributed by atoms with Gasteiger partial charge in [0.25, 0.3) is 0 Å². The fraction of sp³-hybridized carbons (Fsp3) is 0. The average molecular weight is 665 g/mol. The number of benzene rings is 8. The Morgan fingerprint density at radius 2 is 1.06 bits per heavy atom. The van der Waals surface area contributed by atoms with Crippen molar-refractivity contribution in [2.24, 2.45) is 0 Å². The van der Waals surface area contributed by atoms with E-state index in [1.54, 1.807) is 0 Å². The predicted octanol–water partition coefficient (Wildman–Crippen LogP) is 12.5. The molecule has 1 aliphatic heterocycles. The molecule has 3 heterocycles. The van der Waals surface area contributed by atoms with Gasteiger partial charge in [-0.3, -0.25) is 0 Å². The van der Waals surface area contributed by atoms with Gasteiger partial charge in [0, 0.05) is 49.5 Å². The van der Waals surface area contributed by atoms with Crippen molar-refractivity contribution in [3.8, 4) is 45.3 Å². The molecule has 8 aromatic carbocycles. The molecular formula is C47H28N4O. The Morgan fingerprint density at radius 1 is 0.404 bits per heavy atom. The summed E-state index contributed by atoms with van der Waals surface area (Å²) in [6.45, 7) is 0. The second-order valence-electron chi connectivity index (χ2n) is 13.2. The number of fused-ring (bicyclic) bond motifs is 7. The topological polar surface area (TPSA) is 55.1 Å². The van der Waals surface area contributed by atoms with E-state index in [0.29, 0.717) is 17.5 Å². The Morgan fingerprint density at radius 3 is 1.92 bits per heavy atom. The first-order chi connectivity index (χ1) is 25.8. The van der Waals surface area contributed by atoms with Crippen molar-refractivity contribution in [2.45, 2.75) is 0 Å². The van der Waals surface area contributed by atoms with E-state index in [2.05, 4.69) is 114 Å². The van der Waals surface area contributed by atoms with Crippen molar-refractivity contribution in [1.29, 1.82) is 0 Å². The highest BCUT2D eigenvalue weighted by Gasteiger charge is 2.28. The smallest absolute Gasteiger partial charge is 0.164 e. The maximum absolute atomic E-state index is 6.14. The third kappa shape index (κ3) is 4.39. The van der Waals surface area contributed by atoms with Crippen molar-refractivity contribution >= 4 is 60.5 Å². The zero-order chi connectivity index (χ0) is 34.2. The molecule has 10 aromatic rings. The molecule has 1 aliphatic rings. The van der Waals surface area contributed by atoms with Crippen LogP contribution in [0.2, 0.25) is 0 Å². The number of aromatic nitrogens is 3. The molecule has 0 atom stereocenters. The van der Waals surface area contributed by atoms with Crippen molar-refractivity contribution < 1.29 is 4.42 Å². The number of anilines is 3. The second-order valence-corrected chi connectivity index (χ2v) is 13.2. The predicted molar refractivity (Wildman–Crippen MR) is 212 cm³/mol. The Hall–Kier alpha value is -7.11. The number of hydrogen-bond donors (Lipinski definition) is 0. The summed E-state index contributed by atoms with van der Waals surface area (Å²) < 4.78 is 6.14. The van der Waals surface area contributed by atoms with Crippen molar-refractivity contribution in [2.75, 3.05) is 4.90 Å². The molecule has 0 radical (unpaired) electrons. The van der Waals surface area contributed by atoms with Crippen LogP contribution in [0.25, 0.3) is 88.8 Å². The molecule has 5 nitrogen and oxygen atoms in total. The van der Waals surface area contributed by atoms with E-state index < -0.39 is 0 Å². The van der Waals surface area contributed by atoms with Gasteiger partial charge in [0.05, 0.1) is 11.4 Å². The highest BCUT2D eigenvalue weighted by Crippen LogP contribution is 2.53. The van der Waals surface area contributed by atoms with E-state index >= 15 is 0 Å². The molecule has 0 saturated heterocycles. The maximum Gasteiger partial charge on any atom is 0.164 e. The quantitative estimate of drug-likeness (QED) is 0.187. The van der Waals surface area contributed by atoms with Gasteiger partial charge >= 0.3 is 0 Å². The first-order valence-electron chi connectivity index (χ1n) is 17.4. The molecule has 2 aromatic heterocycles. The molecule has 0 N–H and O–H groups in total. The highest BCUT2D eigenvalue weighted by molar-refractivity contribution is 6.18. The molecule has 5 heteroatoms. The van der Waals surface area contributed by atoms with Gasteiger partial charge in [-0.15, -0.1) is 0 Å². The van der Waals surface area contributed by atoms with Crippen LogP contribution in [0.1, 0.15) is 0 Å².